The minimum Gasteiger partial charge on any atom is -0.325 e. The molecule has 2 N–H and O–H groups in total. The Balaban J connectivity index is 1.45. The van der Waals surface area contributed by atoms with Crippen molar-refractivity contribution < 1.29 is 13.2 Å². The van der Waals surface area contributed by atoms with Gasteiger partial charge in [0.2, 0.25) is 15.9 Å². The molecule has 2 aromatic rings. The molecule has 1 aliphatic rings. The maximum atomic E-state index is 12.3. The number of benzene rings is 2. The van der Waals surface area contributed by atoms with Crippen molar-refractivity contribution in [1.29, 1.82) is 0 Å². The van der Waals surface area contributed by atoms with Crippen LogP contribution in [0.2, 0.25) is 0 Å². The van der Waals surface area contributed by atoms with Crippen LogP contribution in [0.25, 0.3) is 0 Å². The van der Waals surface area contributed by atoms with Crippen molar-refractivity contribution in [2.24, 2.45) is 0 Å². The van der Waals surface area contributed by atoms with Gasteiger partial charge in [-0.05, 0) is 23.8 Å². The molecule has 0 aromatic heterocycles. The van der Waals surface area contributed by atoms with Crippen molar-refractivity contribution in [1.82, 2.24) is 9.80 Å². The van der Waals surface area contributed by atoms with E-state index in [1.54, 1.807) is 24.3 Å². The number of nitrogens with one attached hydrogen (secondary N) is 2. The van der Waals surface area contributed by atoms with Crippen LogP contribution in [0.1, 0.15) is 5.56 Å². The third-order valence-corrected chi connectivity index (χ3v) is 5.14. The van der Waals surface area contributed by atoms with E-state index < -0.39 is 10.0 Å². The Morgan fingerprint density at radius 3 is 2.25 bits per heavy atom. The predicted molar refractivity (Wildman–Crippen MR) is 112 cm³/mol. The van der Waals surface area contributed by atoms with E-state index in [0.29, 0.717) is 17.9 Å². The first-order chi connectivity index (χ1) is 13.4. The molecular weight excluding hydrogens is 376 g/mol. The molecule has 150 valence electrons. The van der Waals surface area contributed by atoms with Gasteiger partial charge in [0.1, 0.15) is 0 Å². The van der Waals surface area contributed by atoms with Gasteiger partial charge in [-0.1, -0.05) is 36.4 Å². The smallest absolute Gasteiger partial charge is 0.238 e. The number of nitrogens with zero attached hydrogens (tertiary/aromatic N) is 2. The van der Waals surface area contributed by atoms with E-state index in [9.17, 15) is 13.2 Å². The molecule has 8 heteroatoms. The summed E-state index contributed by atoms with van der Waals surface area (Å²) in [4.78, 5) is 16.9. The summed E-state index contributed by atoms with van der Waals surface area (Å²) in [5.41, 5.74) is 2.30. The van der Waals surface area contributed by atoms with Crippen LogP contribution in [-0.2, 0) is 21.4 Å². The lowest BCUT2D eigenvalue weighted by Gasteiger charge is -2.34. The summed E-state index contributed by atoms with van der Waals surface area (Å²) in [5.74, 6) is -0.104. The van der Waals surface area contributed by atoms with Crippen LogP contribution < -0.4 is 10.0 Å². The van der Waals surface area contributed by atoms with Gasteiger partial charge < -0.3 is 5.32 Å². The SMILES string of the molecule is CS(=O)(=O)Nc1cccc(NC(=O)CN2CCN(Cc3ccccc3)CC2)c1. The Labute approximate surface area is 166 Å². The number of piperazine rings is 1. The standard InChI is InChI=1S/C20H26N4O3S/c1-28(26,27)22-19-9-5-8-18(14-19)21-20(25)16-24-12-10-23(11-13-24)15-17-6-3-2-4-7-17/h2-9,14,22H,10-13,15-16H2,1H3,(H,21,25). The summed E-state index contributed by atoms with van der Waals surface area (Å²) in [6.45, 7) is 4.79. The topological polar surface area (TPSA) is 81.8 Å². The number of hydrogen-bond acceptors (Lipinski definition) is 5. The molecule has 0 aliphatic carbocycles. The van der Waals surface area contributed by atoms with Crippen molar-refractivity contribution in [2.45, 2.75) is 6.54 Å². The molecule has 0 radical (unpaired) electrons. The van der Waals surface area contributed by atoms with Gasteiger partial charge in [0.05, 0.1) is 18.5 Å². The quantitative estimate of drug-likeness (QED) is 0.738. The molecule has 1 heterocycles. The van der Waals surface area contributed by atoms with Gasteiger partial charge in [-0.25, -0.2) is 8.42 Å². The first-order valence-electron chi connectivity index (χ1n) is 9.24. The molecule has 0 atom stereocenters. The van der Waals surface area contributed by atoms with Gasteiger partial charge in [-0.2, -0.15) is 0 Å². The fraction of sp³-hybridized carbons (Fsp3) is 0.350. The van der Waals surface area contributed by atoms with Gasteiger partial charge in [-0.15, -0.1) is 0 Å². The van der Waals surface area contributed by atoms with E-state index in [4.69, 9.17) is 0 Å². The fourth-order valence-electron chi connectivity index (χ4n) is 3.23. The lowest BCUT2D eigenvalue weighted by Crippen LogP contribution is -2.48. The number of amides is 1. The molecule has 0 spiro atoms. The van der Waals surface area contributed by atoms with Gasteiger partial charge in [0.15, 0.2) is 0 Å². The second-order valence-corrected chi connectivity index (χ2v) is 8.79. The summed E-state index contributed by atoms with van der Waals surface area (Å²) in [7, 11) is -3.35. The summed E-state index contributed by atoms with van der Waals surface area (Å²) in [6, 6.07) is 17.1. The van der Waals surface area contributed by atoms with Crippen molar-refractivity contribution in [3.63, 3.8) is 0 Å². The third-order valence-electron chi connectivity index (χ3n) is 4.53. The van der Waals surface area contributed by atoms with E-state index in [1.165, 1.54) is 5.56 Å². The second kappa shape index (κ2) is 9.18. The van der Waals surface area contributed by atoms with Gasteiger partial charge in [-0.3, -0.25) is 19.3 Å². The average Bonchev–Trinajstić information content (AvgIpc) is 2.63. The highest BCUT2D eigenvalue weighted by Crippen LogP contribution is 2.16. The molecule has 0 unspecified atom stereocenters. The Hall–Kier alpha value is -2.42. The normalized spacial score (nSPS) is 15.9. The summed E-state index contributed by atoms with van der Waals surface area (Å²) in [5, 5.41) is 2.84. The summed E-state index contributed by atoms with van der Waals surface area (Å²) in [6.07, 6.45) is 1.09. The van der Waals surface area contributed by atoms with Crippen molar-refractivity contribution >= 4 is 27.3 Å². The molecule has 0 saturated carbocycles. The average molecular weight is 403 g/mol. The van der Waals surface area contributed by atoms with Crippen molar-refractivity contribution in [2.75, 3.05) is 49.0 Å². The Kier molecular flexibility index (Phi) is 6.66. The van der Waals surface area contributed by atoms with Crippen LogP contribution in [0.5, 0.6) is 0 Å². The molecular formula is C20H26N4O3S. The third kappa shape index (κ3) is 6.63. The number of rotatable bonds is 7. The maximum Gasteiger partial charge on any atom is 0.238 e. The van der Waals surface area contributed by atoms with Gasteiger partial charge in [0, 0.05) is 38.4 Å². The molecule has 1 saturated heterocycles. The lowest BCUT2D eigenvalue weighted by molar-refractivity contribution is -0.117. The van der Waals surface area contributed by atoms with Gasteiger partial charge >= 0.3 is 0 Å². The minimum absolute atomic E-state index is 0.104. The van der Waals surface area contributed by atoms with E-state index in [1.807, 2.05) is 6.07 Å². The van der Waals surface area contributed by atoms with Crippen LogP contribution in [0.4, 0.5) is 11.4 Å². The largest absolute Gasteiger partial charge is 0.325 e. The lowest BCUT2D eigenvalue weighted by atomic mass is 10.2. The van der Waals surface area contributed by atoms with Crippen LogP contribution in [0, 0.1) is 0 Å². The second-order valence-electron chi connectivity index (χ2n) is 7.04. The molecule has 1 aliphatic heterocycles. The zero-order chi connectivity index (χ0) is 20.0. The number of anilines is 2. The van der Waals surface area contributed by atoms with Crippen molar-refractivity contribution in [3.05, 3.63) is 60.2 Å². The zero-order valence-electron chi connectivity index (χ0n) is 16.0. The molecule has 1 fully saturated rings. The number of carbonyl (C=O) groups is 1. The highest BCUT2D eigenvalue weighted by Gasteiger charge is 2.19. The van der Waals surface area contributed by atoms with Crippen LogP contribution in [0.15, 0.2) is 54.6 Å². The van der Waals surface area contributed by atoms with Gasteiger partial charge in [0.25, 0.3) is 0 Å². The number of hydrogen-bond donors (Lipinski definition) is 2. The van der Waals surface area contributed by atoms with Crippen molar-refractivity contribution in [3.8, 4) is 0 Å². The molecule has 28 heavy (non-hydrogen) atoms. The summed E-state index contributed by atoms with van der Waals surface area (Å²) < 4.78 is 25.1. The first-order valence-corrected chi connectivity index (χ1v) is 11.1. The number of carbonyl (C=O) groups excluding carboxylic acids is 1. The van der Waals surface area contributed by atoms with E-state index in [2.05, 4.69) is 44.1 Å². The molecule has 2 aromatic carbocycles. The molecule has 1 amide bonds. The van der Waals surface area contributed by atoms with E-state index in [-0.39, 0.29) is 5.91 Å². The number of sulfonamides is 1. The maximum absolute atomic E-state index is 12.3. The Morgan fingerprint density at radius 2 is 1.57 bits per heavy atom. The highest BCUT2D eigenvalue weighted by molar-refractivity contribution is 7.92. The van der Waals surface area contributed by atoms with Crippen LogP contribution >= 0.6 is 0 Å². The Morgan fingerprint density at radius 1 is 0.929 bits per heavy atom. The van der Waals surface area contributed by atoms with Crippen LogP contribution in [0.3, 0.4) is 0 Å². The highest BCUT2D eigenvalue weighted by atomic mass is 32.2. The van der Waals surface area contributed by atoms with Crippen LogP contribution in [-0.4, -0.2) is 63.1 Å². The monoisotopic (exact) mass is 402 g/mol. The first kappa shape index (κ1) is 20.3. The molecule has 3 rings (SSSR count). The fourth-order valence-corrected chi connectivity index (χ4v) is 3.78. The molecule has 0 bridgehead atoms. The minimum atomic E-state index is -3.35. The van der Waals surface area contributed by atoms with E-state index in [0.717, 1.165) is 39.0 Å². The zero-order valence-corrected chi connectivity index (χ0v) is 16.8. The molecule has 7 nitrogen and oxygen atoms in total. The summed E-state index contributed by atoms with van der Waals surface area (Å²) >= 11 is 0. The predicted octanol–water partition coefficient (Wildman–Crippen LogP) is 1.81. The Bertz CT molecular complexity index is 895. The van der Waals surface area contributed by atoms with E-state index >= 15 is 0 Å².